The maximum Gasteiger partial charge on any atom is 0.255 e. The average Bonchev–Trinajstić information content (AvgIpc) is 3.36. The second-order valence-electron chi connectivity index (χ2n) is 6.60. The predicted molar refractivity (Wildman–Crippen MR) is 91.9 cm³/mol. The molecule has 1 atom stereocenters. The molecule has 1 aliphatic rings. The Bertz CT molecular complexity index is 869. The first-order valence-corrected chi connectivity index (χ1v) is 8.69. The van der Waals surface area contributed by atoms with Gasteiger partial charge < -0.3 is 13.8 Å². The molecule has 0 amide bonds. The molecule has 0 radical (unpaired) electrons. The Balaban J connectivity index is 1.37. The Morgan fingerprint density at radius 2 is 2.08 bits per heavy atom. The molecule has 0 aliphatic carbocycles. The molecular formula is C18H21N5O3. The van der Waals surface area contributed by atoms with Crippen molar-refractivity contribution in [3.63, 3.8) is 0 Å². The van der Waals surface area contributed by atoms with Crippen molar-refractivity contribution in [2.24, 2.45) is 0 Å². The molecule has 1 aliphatic heterocycles. The van der Waals surface area contributed by atoms with Crippen molar-refractivity contribution in [3.05, 3.63) is 47.4 Å². The molecule has 136 valence electrons. The summed E-state index contributed by atoms with van der Waals surface area (Å²) in [5, 5.41) is 8.10. The fourth-order valence-electron chi connectivity index (χ4n) is 2.98. The molecule has 8 heteroatoms. The van der Waals surface area contributed by atoms with Crippen LogP contribution >= 0.6 is 0 Å². The minimum atomic E-state index is -0.0608. The van der Waals surface area contributed by atoms with Crippen LogP contribution in [0.15, 0.2) is 33.3 Å². The van der Waals surface area contributed by atoms with Crippen molar-refractivity contribution in [2.75, 3.05) is 13.7 Å². The van der Waals surface area contributed by atoms with Crippen LogP contribution in [0, 0.1) is 6.92 Å². The van der Waals surface area contributed by atoms with E-state index >= 15 is 0 Å². The molecule has 0 unspecified atom stereocenters. The lowest BCUT2D eigenvalue weighted by atomic mass is 10.1. The Kier molecular flexibility index (Phi) is 4.77. The van der Waals surface area contributed by atoms with Gasteiger partial charge in [-0.15, -0.1) is 0 Å². The van der Waals surface area contributed by atoms with Gasteiger partial charge in [0.1, 0.15) is 6.10 Å². The number of aryl methyl sites for hydroxylation is 1. The zero-order valence-corrected chi connectivity index (χ0v) is 14.9. The zero-order chi connectivity index (χ0) is 17.9. The van der Waals surface area contributed by atoms with E-state index in [1.165, 1.54) is 0 Å². The van der Waals surface area contributed by atoms with Gasteiger partial charge in [-0.25, -0.2) is 0 Å². The summed E-state index contributed by atoms with van der Waals surface area (Å²) in [4.78, 5) is 10.9. The highest BCUT2D eigenvalue weighted by molar-refractivity contribution is 5.55. The second kappa shape index (κ2) is 7.35. The minimum absolute atomic E-state index is 0.0608. The van der Waals surface area contributed by atoms with Gasteiger partial charge in [-0.1, -0.05) is 34.1 Å². The van der Waals surface area contributed by atoms with Crippen molar-refractivity contribution >= 4 is 0 Å². The van der Waals surface area contributed by atoms with Gasteiger partial charge in [0.15, 0.2) is 5.82 Å². The molecule has 3 heterocycles. The molecule has 4 rings (SSSR count). The highest BCUT2D eigenvalue weighted by Gasteiger charge is 2.24. The van der Waals surface area contributed by atoms with Gasteiger partial charge in [0, 0.05) is 12.2 Å². The van der Waals surface area contributed by atoms with Gasteiger partial charge >= 0.3 is 0 Å². The van der Waals surface area contributed by atoms with E-state index in [1.54, 1.807) is 0 Å². The third kappa shape index (κ3) is 3.81. The summed E-state index contributed by atoms with van der Waals surface area (Å²) < 4.78 is 16.2. The highest BCUT2D eigenvalue weighted by atomic mass is 16.5. The fourth-order valence-corrected chi connectivity index (χ4v) is 2.98. The molecule has 0 N–H and O–H groups in total. The molecule has 3 aromatic rings. The third-order valence-electron chi connectivity index (χ3n) is 4.25. The Morgan fingerprint density at radius 3 is 2.88 bits per heavy atom. The zero-order valence-electron chi connectivity index (χ0n) is 14.9. The van der Waals surface area contributed by atoms with Crippen LogP contribution in [0.25, 0.3) is 11.4 Å². The molecule has 0 bridgehead atoms. The van der Waals surface area contributed by atoms with E-state index in [4.69, 9.17) is 13.8 Å². The summed E-state index contributed by atoms with van der Waals surface area (Å²) in [5.74, 6) is 2.33. The Hall–Kier alpha value is -2.58. The molecule has 1 saturated heterocycles. The van der Waals surface area contributed by atoms with Crippen molar-refractivity contribution in [3.8, 4) is 11.4 Å². The van der Waals surface area contributed by atoms with Crippen LogP contribution in [0.2, 0.25) is 0 Å². The smallest absolute Gasteiger partial charge is 0.255 e. The number of rotatable bonds is 6. The molecule has 0 saturated carbocycles. The lowest BCUT2D eigenvalue weighted by Crippen LogP contribution is -2.18. The van der Waals surface area contributed by atoms with Gasteiger partial charge in [0.25, 0.3) is 5.89 Å². The van der Waals surface area contributed by atoms with E-state index in [-0.39, 0.29) is 6.10 Å². The summed E-state index contributed by atoms with van der Waals surface area (Å²) in [6.45, 7) is 3.82. The van der Waals surface area contributed by atoms with Gasteiger partial charge in [-0.05, 0) is 32.9 Å². The molecular weight excluding hydrogens is 334 g/mol. The van der Waals surface area contributed by atoms with Gasteiger partial charge in [0.2, 0.25) is 11.7 Å². The lowest BCUT2D eigenvalue weighted by molar-refractivity contribution is 0.0835. The van der Waals surface area contributed by atoms with E-state index in [0.29, 0.717) is 36.5 Å². The molecule has 1 fully saturated rings. The minimum Gasteiger partial charge on any atom is -0.368 e. The van der Waals surface area contributed by atoms with E-state index in [9.17, 15) is 0 Å². The number of nitrogens with zero attached hydrogens (tertiary/aromatic N) is 5. The topological polar surface area (TPSA) is 90.3 Å². The monoisotopic (exact) mass is 355 g/mol. The molecule has 26 heavy (non-hydrogen) atoms. The van der Waals surface area contributed by atoms with Crippen LogP contribution in [0.3, 0.4) is 0 Å². The van der Waals surface area contributed by atoms with Gasteiger partial charge in [0.05, 0.1) is 13.1 Å². The molecule has 2 aromatic heterocycles. The summed E-state index contributed by atoms with van der Waals surface area (Å²) >= 11 is 0. The average molecular weight is 355 g/mol. The number of aromatic nitrogens is 4. The van der Waals surface area contributed by atoms with Gasteiger partial charge in [-0.3, -0.25) is 4.90 Å². The largest absolute Gasteiger partial charge is 0.368 e. The van der Waals surface area contributed by atoms with Crippen molar-refractivity contribution in [2.45, 2.75) is 39.0 Å². The predicted octanol–water partition coefficient (Wildman–Crippen LogP) is 2.91. The van der Waals surface area contributed by atoms with Crippen LogP contribution in [-0.4, -0.2) is 38.8 Å². The third-order valence-corrected chi connectivity index (χ3v) is 4.25. The van der Waals surface area contributed by atoms with E-state index in [0.717, 1.165) is 30.6 Å². The van der Waals surface area contributed by atoms with E-state index < -0.39 is 0 Å². The summed E-state index contributed by atoms with van der Waals surface area (Å²) in [6, 6.07) is 8.02. The lowest BCUT2D eigenvalue weighted by Gasteiger charge is -2.10. The summed E-state index contributed by atoms with van der Waals surface area (Å²) in [7, 11) is 1.94. The second-order valence-corrected chi connectivity index (χ2v) is 6.60. The molecule has 0 spiro atoms. The summed E-state index contributed by atoms with van der Waals surface area (Å²) in [6.07, 6.45) is 1.90. The van der Waals surface area contributed by atoms with Crippen molar-refractivity contribution in [1.29, 1.82) is 0 Å². The van der Waals surface area contributed by atoms with Crippen LogP contribution in [-0.2, 0) is 17.8 Å². The first-order valence-electron chi connectivity index (χ1n) is 8.69. The summed E-state index contributed by atoms with van der Waals surface area (Å²) in [5.41, 5.74) is 2.10. The van der Waals surface area contributed by atoms with Crippen LogP contribution in [0.5, 0.6) is 0 Å². The first-order chi connectivity index (χ1) is 12.7. The molecule has 1 aromatic carbocycles. The Labute approximate surface area is 151 Å². The van der Waals surface area contributed by atoms with Crippen LogP contribution in [0.1, 0.15) is 42.1 Å². The number of hydrogen-bond acceptors (Lipinski definition) is 8. The van der Waals surface area contributed by atoms with Crippen LogP contribution in [0.4, 0.5) is 0 Å². The van der Waals surface area contributed by atoms with Crippen molar-refractivity contribution < 1.29 is 13.8 Å². The number of ether oxygens (including phenoxy) is 1. The normalized spacial score (nSPS) is 17.3. The highest BCUT2D eigenvalue weighted by Crippen LogP contribution is 2.27. The standard InChI is InChI=1S/C18H21N5O3/c1-12-5-3-6-13(9-12)17-20-16(25-22-17)11-23(2)10-15-19-18(26-21-15)14-7-4-8-24-14/h3,5-6,9,14H,4,7-8,10-11H2,1-2H3/t14-/m0/s1. The quantitative estimate of drug-likeness (QED) is 0.667. The van der Waals surface area contributed by atoms with E-state index in [2.05, 4.69) is 20.3 Å². The maximum absolute atomic E-state index is 5.56. The SMILES string of the molecule is Cc1cccc(-c2noc(CN(C)Cc3noc([C@@H]4CCCO4)n3)n2)c1. The molecule has 8 nitrogen and oxygen atoms in total. The first kappa shape index (κ1) is 16.9. The van der Waals surface area contributed by atoms with E-state index in [1.807, 2.05) is 43.1 Å². The van der Waals surface area contributed by atoms with Gasteiger partial charge in [-0.2, -0.15) is 9.97 Å². The fraction of sp³-hybridized carbons (Fsp3) is 0.444. The number of benzene rings is 1. The maximum atomic E-state index is 5.56. The van der Waals surface area contributed by atoms with Crippen LogP contribution < -0.4 is 0 Å². The van der Waals surface area contributed by atoms with Crippen molar-refractivity contribution in [1.82, 2.24) is 25.2 Å². The number of hydrogen-bond donors (Lipinski definition) is 0. The Morgan fingerprint density at radius 1 is 1.15 bits per heavy atom.